The van der Waals surface area contributed by atoms with Crippen LogP contribution in [-0.4, -0.2) is 6.54 Å². The highest BCUT2D eigenvalue weighted by molar-refractivity contribution is 5.38. The molecule has 0 saturated heterocycles. The Balaban J connectivity index is 2.03. The largest absolute Gasteiger partial charge is 0.454 e. The summed E-state index contributed by atoms with van der Waals surface area (Å²) in [5.41, 5.74) is 2.37. The van der Waals surface area contributed by atoms with Gasteiger partial charge in [-0.15, -0.1) is 0 Å². The molecule has 0 bridgehead atoms. The quantitative estimate of drug-likeness (QED) is 0.833. The normalized spacial score (nSPS) is 10.9. The van der Waals surface area contributed by atoms with Crippen molar-refractivity contribution in [3.8, 4) is 11.5 Å². The molecular weight excluding hydrogens is 265 g/mol. The molecule has 0 aliphatic heterocycles. The molecule has 0 unspecified atom stereocenters. The second-order valence-electron chi connectivity index (χ2n) is 5.65. The first-order valence-corrected chi connectivity index (χ1v) is 7.29. The minimum atomic E-state index is -0.349. The summed E-state index contributed by atoms with van der Waals surface area (Å²) in [6, 6.07) is 12.3. The van der Waals surface area contributed by atoms with Crippen LogP contribution in [0.15, 0.2) is 42.5 Å². The first-order valence-electron chi connectivity index (χ1n) is 7.29. The van der Waals surface area contributed by atoms with E-state index >= 15 is 0 Å². The molecule has 3 heteroatoms. The highest BCUT2D eigenvalue weighted by Crippen LogP contribution is 2.25. The van der Waals surface area contributed by atoms with Gasteiger partial charge in [-0.05, 0) is 54.8 Å². The monoisotopic (exact) mass is 287 g/mol. The van der Waals surface area contributed by atoms with Crippen LogP contribution in [0.3, 0.4) is 0 Å². The van der Waals surface area contributed by atoms with Crippen LogP contribution < -0.4 is 10.1 Å². The molecule has 112 valence electrons. The number of ether oxygens (including phenoxy) is 1. The van der Waals surface area contributed by atoms with E-state index in [0.29, 0.717) is 11.7 Å². The third kappa shape index (κ3) is 4.57. The second kappa shape index (κ2) is 7.23. The van der Waals surface area contributed by atoms with Crippen LogP contribution in [0.1, 0.15) is 25.0 Å². The van der Waals surface area contributed by atoms with E-state index in [1.165, 1.54) is 11.6 Å². The van der Waals surface area contributed by atoms with Gasteiger partial charge in [-0.25, -0.2) is 4.39 Å². The van der Waals surface area contributed by atoms with E-state index in [2.05, 4.69) is 19.2 Å². The summed E-state index contributed by atoms with van der Waals surface area (Å²) in [7, 11) is 0. The maximum Gasteiger partial charge on any atom is 0.165 e. The summed E-state index contributed by atoms with van der Waals surface area (Å²) in [6.45, 7) is 8.24. The third-order valence-electron chi connectivity index (χ3n) is 3.25. The molecule has 0 spiro atoms. The summed E-state index contributed by atoms with van der Waals surface area (Å²) >= 11 is 0. The minimum Gasteiger partial charge on any atom is -0.454 e. The number of aryl methyl sites for hydroxylation is 1. The van der Waals surface area contributed by atoms with Gasteiger partial charge in [0.05, 0.1) is 0 Å². The molecule has 0 fully saturated rings. The van der Waals surface area contributed by atoms with Crippen LogP contribution in [0.5, 0.6) is 11.5 Å². The standard InChI is InChI=1S/C18H22FNO/c1-13(2)11-20-12-15-8-9-16(10-14(15)3)21-18-7-5-4-6-17(18)19/h4-10,13,20H,11-12H2,1-3H3. The van der Waals surface area contributed by atoms with Crippen molar-refractivity contribution in [2.75, 3.05) is 6.54 Å². The topological polar surface area (TPSA) is 21.3 Å². The van der Waals surface area contributed by atoms with Gasteiger partial charge in [0.15, 0.2) is 11.6 Å². The van der Waals surface area contributed by atoms with Crippen molar-refractivity contribution >= 4 is 0 Å². The third-order valence-corrected chi connectivity index (χ3v) is 3.25. The lowest BCUT2D eigenvalue weighted by Gasteiger charge is -2.12. The molecule has 2 rings (SSSR count). The summed E-state index contributed by atoms with van der Waals surface area (Å²) < 4.78 is 19.2. The Bertz CT molecular complexity index is 596. The molecule has 0 heterocycles. The number of para-hydroxylation sites is 1. The Kier molecular flexibility index (Phi) is 5.34. The van der Waals surface area contributed by atoms with Crippen LogP contribution in [-0.2, 0) is 6.54 Å². The molecule has 0 atom stereocenters. The highest BCUT2D eigenvalue weighted by Gasteiger charge is 2.05. The van der Waals surface area contributed by atoms with Crippen LogP contribution in [0.2, 0.25) is 0 Å². The van der Waals surface area contributed by atoms with Crippen molar-refractivity contribution in [2.45, 2.75) is 27.3 Å². The molecule has 1 N–H and O–H groups in total. The van der Waals surface area contributed by atoms with E-state index < -0.39 is 0 Å². The SMILES string of the molecule is Cc1cc(Oc2ccccc2F)ccc1CNCC(C)C. The Hall–Kier alpha value is -1.87. The summed E-state index contributed by atoms with van der Waals surface area (Å²) in [5, 5.41) is 3.42. The number of hydrogen-bond donors (Lipinski definition) is 1. The maximum absolute atomic E-state index is 13.6. The maximum atomic E-state index is 13.6. The van der Waals surface area contributed by atoms with Gasteiger partial charge in [0.2, 0.25) is 0 Å². The lowest BCUT2D eigenvalue weighted by atomic mass is 10.1. The van der Waals surface area contributed by atoms with Crippen LogP contribution in [0.25, 0.3) is 0 Å². The fraction of sp³-hybridized carbons (Fsp3) is 0.333. The number of nitrogens with one attached hydrogen (secondary N) is 1. The molecule has 0 aromatic heterocycles. The van der Waals surface area contributed by atoms with E-state index in [0.717, 1.165) is 18.7 Å². The summed E-state index contributed by atoms with van der Waals surface area (Å²) in [4.78, 5) is 0. The Morgan fingerprint density at radius 3 is 2.57 bits per heavy atom. The summed E-state index contributed by atoms with van der Waals surface area (Å²) in [5.74, 6) is 1.19. The molecule has 0 amide bonds. The molecule has 0 saturated carbocycles. The molecule has 0 aliphatic carbocycles. The number of halogens is 1. The van der Waals surface area contributed by atoms with Gasteiger partial charge in [-0.1, -0.05) is 32.0 Å². The number of hydrogen-bond acceptors (Lipinski definition) is 2. The number of benzene rings is 2. The lowest BCUT2D eigenvalue weighted by Crippen LogP contribution is -2.19. The van der Waals surface area contributed by atoms with Crippen LogP contribution >= 0.6 is 0 Å². The zero-order chi connectivity index (χ0) is 15.2. The smallest absolute Gasteiger partial charge is 0.165 e. The minimum absolute atomic E-state index is 0.252. The number of rotatable bonds is 6. The van der Waals surface area contributed by atoms with E-state index in [4.69, 9.17) is 4.74 Å². The molecule has 0 radical (unpaired) electrons. The first-order chi connectivity index (χ1) is 10.1. The highest BCUT2D eigenvalue weighted by atomic mass is 19.1. The van der Waals surface area contributed by atoms with Crippen molar-refractivity contribution < 1.29 is 9.13 Å². The van der Waals surface area contributed by atoms with Gasteiger partial charge in [0, 0.05) is 6.54 Å². The van der Waals surface area contributed by atoms with Gasteiger partial charge < -0.3 is 10.1 Å². The van der Waals surface area contributed by atoms with Gasteiger partial charge in [-0.3, -0.25) is 0 Å². The molecule has 0 aliphatic rings. The van der Waals surface area contributed by atoms with Crippen molar-refractivity contribution in [1.82, 2.24) is 5.32 Å². The second-order valence-corrected chi connectivity index (χ2v) is 5.65. The van der Waals surface area contributed by atoms with Crippen LogP contribution in [0.4, 0.5) is 4.39 Å². The van der Waals surface area contributed by atoms with Gasteiger partial charge in [0.25, 0.3) is 0 Å². The van der Waals surface area contributed by atoms with Crippen LogP contribution in [0, 0.1) is 18.7 Å². The van der Waals surface area contributed by atoms with Crippen molar-refractivity contribution in [1.29, 1.82) is 0 Å². The van der Waals surface area contributed by atoms with E-state index in [-0.39, 0.29) is 11.6 Å². The first kappa shape index (κ1) is 15.5. The molecular formula is C18H22FNO. The fourth-order valence-electron chi connectivity index (χ4n) is 2.08. The molecule has 2 nitrogen and oxygen atoms in total. The average Bonchev–Trinajstić information content (AvgIpc) is 2.43. The Morgan fingerprint density at radius 1 is 1.14 bits per heavy atom. The molecule has 21 heavy (non-hydrogen) atoms. The van der Waals surface area contributed by atoms with Gasteiger partial charge >= 0.3 is 0 Å². The zero-order valence-corrected chi connectivity index (χ0v) is 12.8. The molecule has 2 aromatic carbocycles. The van der Waals surface area contributed by atoms with Crippen molar-refractivity contribution in [2.24, 2.45) is 5.92 Å². The Morgan fingerprint density at radius 2 is 1.90 bits per heavy atom. The van der Waals surface area contributed by atoms with Gasteiger partial charge in [0.1, 0.15) is 5.75 Å². The lowest BCUT2D eigenvalue weighted by molar-refractivity contribution is 0.441. The van der Waals surface area contributed by atoms with E-state index in [9.17, 15) is 4.39 Å². The van der Waals surface area contributed by atoms with Crippen molar-refractivity contribution in [3.63, 3.8) is 0 Å². The van der Waals surface area contributed by atoms with Crippen molar-refractivity contribution in [3.05, 3.63) is 59.4 Å². The predicted molar refractivity (Wildman–Crippen MR) is 84.2 cm³/mol. The average molecular weight is 287 g/mol. The van der Waals surface area contributed by atoms with E-state index in [1.807, 2.05) is 25.1 Å². The zero-order valence-electron chi connectivity index (χ0n) is 12.8. The predicted octanol–water partition coefficient (Wildman–Crippen LogP) is 4.67. The van der Waals surface area contributed by atoms with E-state index in [1.54, 1.807) is 18.2 Å². The fourth-order valence-corrected chi connectivity index (χ4v) is 2.08. The summed E-state index contributed by atoms with van der Waals surface area (Å²) in [6.07, 6.45) is 0. The molecule has 2 aromatic rings. The van der Waals surface area contributed by atoms with Gasteiger partial charge in [-0.2, -0.15) is 0 Å². The Labute approximate surface area is 126 Å².